The number of aromatic nitrogens is 6. The van der Waals surface area contributed by atoms with E-state index in [1.165, 1.54) is 0 Å². The molecule has 0 aliphatic heterocycles. The highest BCUT2D eigenvalue weighted by Crippen LogP contribution is 2.39. The normalized spacial score (nSPS) is 11.4. The van der Waals surface area contributed by atoms with Gasteiger partial charge >= 0.3 is 0 Å². The summed E-state index contributed by atoms with van der Waals surface area (Å²) in [6.45, 7) is 0. The lowest BCUT2D eigenvalue weighted by Gasteiger charge is -2.13. The number of rotatable bonds is 7. The van der Waals surface area contributed by atoms with Crippen molar-refractivity contribution in [1.29, 1.82) is 0 Å². The second kappa shape index (κ2) is 14.0. The van der Waals surface area contributed by atoms with Crippen molar-refractivity contribution in [2.24, 2.45) is 0 Å². The number of hydrogen-bond donors (Lipinski definition) is 0. The van der Waals surface area contributed by atoms with Crippen molar-refractivity contribution in [3.63, 3.8) is 0 Å². The minimum Gasteiger partial charge on any atom is -0.277 e. The molecule has 0 unspecified atom stereocenters. The van der Waals surface area contributed by atoms with Crippen LogP contribution in [0.5, 0.6) is 0 Å². The van der Waals surface area contributed by atoms with Crippen LogP contribution in [0.3, 0.4) is 0 Å². The van der Waals surface area contributed by atoms with Gasteiger partial charge in [-0.15, -0.1) is 0 Å². The summed E-state index contributed by atoms with van der Waals surface area (Å²) in [6.07, 6.45) is 1.87. The lowest BCUT2D eigenvalue weighted by atomic mass is 10.00. The SMILES string of the molecule is c1ccc(-c2nc(-c3ccccc3)n3c(-c4ccc(-c5ccc(-c6nc7c(-c8ccccc8)ccnc7n6-c6ccccc6)cc5)cc4)c4ccccc4c3n2)cc1. The highest BCUT2D eigenvalue weighted by molar-refractivity contribution is 6.06. The lowest BCUT2D eigenvalue weighted by Crippen LogP contribution is -2.03. The van der Waals surface area contributed by atoms with Crippen LogP contribution in [-0.4, -0.2) is 28.9 Å². The first-order valence-corrected chi connectivity index (χ1v) is 19.4. The Morgan fingerprint density at radius 2 is 0.862 bits per heavy atom. The summed E-state index contributed by atoms with van der Waals surface area (Å²) in [7, 11) is 0. The molecule has 0 bridgehead atoms. The number of para-hydroxylation sites is 1. The number of fused-ring (bicyclic) bond motifs is 4. The Morgan fingerprint density at radius 3 is 1.52 bits per heavy atom. The third kappa shape index (κ3) is 5.66. The molecule has 272 valence electrons. The molecule has 0 saturated heterocycles. The summed E-state index contributed by atoms with van der Waals surface area (Å²) in [6, 6.07) is 69.4. The first kappa shape index (κ1) is 33.4. The van der Waals surface area contributed by atoms with E-state index in [-0.39, 0.29) is 0 Å². The smallest absolute Gasteiger partial charge is 0.165 e. The zero-order valence-electron chi connectivity index (χ0n) is 31.3. The van der Waals surface area contributed by atoms with E-state index in [1.54, 1.807) is 0 Å². The average Bonchev–Trinajstić information content (AvgIpc) is 3.87. The Bertz CT molecular complexity index is 3230. The predicted molar refractivity (Wildman–Crippen MR) is 236 cm³/mol. The Balaban J connectivity index is 1.01. The van der Waals surface area contributed by atoms with E-state index in [4.69, 9.17) is 19.9 Å². The highest BCUT2D eigenvalue weighted by Gasteiger charge is 2.22. The van der Waals surface area contributed by atoms with Crippen LogP contribution in [-0.2, 0) is 0 Å². The third-order valence-electron chi connectivity index (χ3n) is 10.8. The Labute approximate surface area is 335 Å². The van der Waals surface area contributed by atoms with Crippen molar-refractivity contribution in [1.82, 2.24) is 28.9 Å². The van der Waals surface area contributed by atoms with Crippen LogP contribution in [0.15, 0.2) is 206 Å². The zero-order chi connectivity index (χ0) is 38.4. The van der Waals surface area contributed by atoms with Gasteiger partial charge < -0.3 is 0 Å². The van der Waals surface area contributed by atoms with Crippen molar-refractivity contribution in [2.45, 2.75) is 0 Å². The first-order valence-electron chi connectivity index (χ1n) is 19.4. The van der Waals surface area contributed by atoms with Gasteiger partial charge in [0.1, 0.15) is 22.8 Å². The van der Waals surface area contributed by atoms with Crippen LogP contribution >= 0.6 is 0 Å². The van der Waals surface area contributed by atoms with Crippen molar-refractivity contribution < 1.29 is 0 Å². The van der Waals surface area contributed by atoms with Gasteiger partial charge in [-0.25, -0.2) is 19.9 Å². The topological polar surface area (TPSA) is 60.9 Å². The number of hydrogen-bond acceptors (Lipinski definition) is 4. The van der Waals surface area contributed by atoms with E-state index in [0.29, 0.717) is 5.82 Å². The van der Waals surface area contributed by atoms with E-state index >= 15 is 0 Å². The molecule has 11 aromatic rings. The van der Waals surface area contributed by atoms with Gasteiger partial charge in [0.25, 0.3) is 0 Å². The van der Waals surface area contributed by atoms with Crippen LogP contribution in [0, 0.1) is 0 Å². The monoisotopic (exact) mass is 742 g/mol. The van der Waals surface area contributed by atoms with Gasteiger partial charge in [-0.05, 0) is 40.5 Å². The van der Waals surface area contributed by atoms with Crippen molar-refractivity contribution >= 4 is 27.6 Å². The van der Waals surface area contributed by atoms with E-state index in [9.17, 15) is 0 Å². The van der Waals surface area contributed by atoms with E-state index in [0.717, 1.165) is 95.1 Å². The fourth-order valence-electron chi connectivity index (χ4n) is 8.08. The minimum absolute atomic E-state index is 0.702. The van der Waals surface area contributed by atoms with E-state index in [1.807, 2.05) is 48.7 Å². The predicted octanol–water partition coefficient (Wildman–Crippen LogP) is 12.6. The molecule has 0 saturated carbocycles. The van der Waals surface area contributed by atoms with Gasteiger partial charge in [-0.2, -0.15) is 0 Å². The molecule has 0 aliphatic carbocycles. The second-order valence-electron chi connectivity index (χ2n) is 14.3. The molecule has 0 fully saturated rings. The van der Waals surface area contributed by atoms with Gasteiger partial charge in [-0.3, -0.25) is 8.97 Å². The standard InChI is InChI=1S/C52H34N6/c1-5-15-37(16-6-1)43-33-34-53-52-46(43)54-49(57(52)42-21-11-4-12-22-42)41-31-27-36(28-32-41)35-25-29-38(30-26-35)47-44-23-13-14-24-45(44)51-56-48(39-17-7-2-8-18-39)55-50(58(47)51)40-19-9-3-10-20-40/h1-34H. The van der Waals surface area contributed by atoms with E-state index < -0.39 is 0 Å². The van der Waals surface area contributed by atoms with Crippen LogP contribution in [0.1, 0.15) is 0 Å². The summed E-state index contributed by atoms with van der Waals surface area (Å²) in [5, 5.41) is 2.21. The van der Waals surface area contributed by atoms with E-state index in [2.05, 4.69) is 167 Å². The van der Waals surface area contributed by atoms with Crippen molar-refractivity contribution in [2.75, 3.05) is 0 Å². The lowest BCUT2D eigenvalue weighted by molar-refractivity contribution is 1.05. The first-order chi connectivity index (χ1) is 28.8. The maximum absolute atomic E-state index is 5.27. The number of benzene rings is 7. The van der Waals surface area contributed by atoms with Gasteiger partial charge in [0.15, 0.2) is 11.5 Å². The molecule has 0 N–H and O–H groups in total. The Morgan fingerprint density at radius 1 is 0.345 bits per heavy atom. The fourth-order valence-corrected chi connectivity index (χ4v) is 8.08. The largest absolute Gasteiger partial charge is 0.277 e. The molecule has 4 aromatic heterocycles. The quantitative estimate of drug-likeness (QED) is 0.163. The maximum atomic E-state index is 5.27. The molecule has 0 radical (unpaired) electrons. The molecule has 0 atom stereocenters. The molecule has 6 nitrogen and oxygen atoms in total. The van der Waals surface area contributed by atoms with Crippen LogP contribution in [0.2, 0.25) is 0 Å². The van der Waals surface area contributed by atoms with Crippen LogP contribution in [0.4, 0.5) is 0 Å². The maximum Gasteiger partial charge on any atom is 0.165 e. The van der Waals surface area contributed by atoms with Gasteiger partial charge in [0.05, 0.1) is 5.69 Å². The second-order valence-corrected chi connectivity index (χ2v) is 14.3. The molecular formula is C52H34N6. The van der Waals surface area contributed by atoms with Crippen molar-refractivity contribution in [3.8, 4) is 73.4 Å². The average molecular weight is 743 g/mol. The molecule has 0 spiro atoms. The fraction of sp³-hybridized carbons (Fsp3) is 0. The molecule has 0 aliphatic rings. The van der Waals surface area contributed by atoms with Gasteiger partial charge in [-0.1, -0.05) is 182 Å². The summed E-state index contributed by atoms with van der Waals surface area (Å²) in [4.78, 5) is 20.5. The highest BCUT2D eigenvalue weighted by atomic mass is 15.1. The summed E-state index contributed by atoms with van der Waals surface area (Å²) >= 11 is 0. The third-order valence-corrected chi connectivity index (χ3v) is 10.8. The molecule has 6 heteroatoms. The number of pyridine rings is 1. The summed E-state index contributed by atoms with van der Waals surface area (Å²) < 4.78 is 4.39. The van der Waals surface area contributed by atoms with Crippen LogP contribution < -0.4 is 0 Å². The number of nitrogens with zero attached hydrogens (tertiary/aromatic N) is 6. The van der Waals surface area contributed by atoms with Gasteiger partial charge in [0.2, 0.25) is 0 Å². The molecule has 7 aromatic carbocycles. The molecule has 58 heavy (non-hydrogen) atoms. The molecule has 4 heterocycles. The molecule has 0 amide bonds. The molecule has 11 rings (SSSR count). The summed E-state index contributed by atoms with van der Waals surface area (Å²) in [5.74, 6) is 2.40. The molecular weight excluding hydrogens is 709 g/mol. The van der Waals surface area contributed by atoms with Gasteiger partial charge in [0, 0.05) is 44.9 Å². The minimum atomic E-state index is 0.702. The zero-order valence-corrected chi connectivity index (χ0v) is 31.3. The summed E-state index contributed by atoms with van der Waals surface area (Å²) in [5.41, 5.74) is 13.2. The van der Waals surface area contributed by atoms with Crippen LogP contribution in [0.25, 0.3) is 101 Å². The Kier molecular flexibility index (Phi) is 8.04. The van der Waals surface area contributed by atoms with Crippen molar-refractivity contribution in [3.05, 3.63) is 206 Å². The number of imidazole rings is 1. The Hall–Kier alpha value is -7.96.